The minimum atomic E-state index is 0.519. The highest BCUT2D eigenvalue weighted by molar-refractivity contribution is 5.78. The van der Waals surface area contributed by atoms with Crippen LogP contribution < -0.4 is 4.90 Å². The van der Waals surface area contributed by atoms with Gasteiger partial charge in [0.05, 0.1) is 11.6 Å². The molecule has 3 nitrogen and oxygen atoms in total. The molecule has 22 heavy (non-hydrogen) atoms. The van der Waals surface area contributed by atoms with Crippen LogP contribution in [0.5, 0.6) is 0 Å². The smallest absolute Gasteiger partial charge is 0.0991 e. The number of nitriles is 1. The molecule has 0 heterocycles. The lowest BCUT2D eigenvalue weighted by molar-refractivity contribution is 0.296. The van der Waals surface area contributed by atoms with Gasteiger partial charge in [0.1, 0.15) is 0 Å². The second kappa shape index (κ2) is 6.98. The third-order valence-corrected chi connectivity index (χ3v) is 4.99. The Morgan fingerprint density at radius 3 is 2.59 bits per heavy atom. The fourth-order valence-electron chi connectivity index (χ4n) is 3.33. The van der Waals surface area contributed by atoms with Crippen molar-refractivity contribution in [1.29, 1.82) is 5.26 Å². The third-order valence-electron chi connectivity index (χ3n) is 4.99. The van der Waals surface area contributed by atoms with Crippen LogP contribution in [0.15, 0.2) is 24.8 Å². The van der Waals surface area contributed by atoms with E-state index in [4.69, 9.17) is 0 Å². The minimum Gasteiger partial charge on any atom is -0.374 e. The number of hydrogen-bond donors (Lipinski definition) is 0. The molecule has 118 valence electrons. The molecule has 0 spiro atoms. The van der Waals surface area contributed by atoms with Crippen LogP contribution in [0.4, 0.5) is 5.69 Å². The van der Waals surface area contributed by atoms with Crippen LogP contribution in [-0.2, 0) is 0 Å². The Bertz CT molecular complexity index is 583. The zero-order valence-electron chi connectivity index (χ0n) is 14.3. The van der Waals surface area contributed by atoms with Crippen molar-refractivity contribution in [3.05, 3.63) is 35.9 Å². The molecular formula is C19H27N3. The van der Waals surface area contributed by atoms with E-state index in [0.29, 0.717) is 17.5 Å². The fraction of sp³-hybridized carbons (Fsp3) is 0.526. The molecule has 0 N–H and O–H groups in total. The van der Waals surface area contributed by atoms with E-state index in [1.54, 1.807) is 0 Å². The first-order chi connectivity index (χ1) is 10.5. The van der Waals surface area contributed by atoms with E-state index < -0.39 is 0 Å². The van der Waals surface area contributed by atoms with Crippen molar-refractivity contribution in [2.75, 3.05) is 32.6 Å². The highest BCUT2D eigenvalue weighted by atomic mass is 15.1. The molecule has 1 aliphatic rings. The molecule has 3 heteroatoms. The van der Waals surface area contributed by atoms with Crippen molar-refractivity contribution < 1.29 is 0 Å². The van der Waals surface area contributed by atoms with Gasteiger partial charge in [0.15, 0.2) is 0 Å². The summed E-state index contributed by atoms with van der Waals surface area (Å²) in [5, 5.41) is 9.21. The fourth-order valence-corrected chi connectivity index (χ4v) is 3.33. The molecule has 1 fully saturated rings. The van der Waals surface area contributed by atoms with E-state index in [1.165, 1.54) is 24.1 Å². The maximum atomic E-state index is 9.21. The first-order valence-corrected chi connectivity index (χ1v) is 8.08. The van der Waals surface area contributed by atoms with Gasteiger partial charge < -0.3 is 9.80 Å². The first-order valence-electron chi connectivity index (χ1n) is 8.08. The molecule has 2 rings (SSSR count). The molecular weight excluding hydrogens is 270 g/mol. The van der Waals surface area contributed by atoms with Gasteiger partial charge in [-0.05, 0) is 70.0 Å². The monoisotopic (exact) mass is 297 g/mol. The second-order valence-corrected chi connectivity index (χ2v) is 6.51. The predicted molar refractivity (Wildman–Crippen MR) is 94.0 cm³/mol. The van der Waals surface area contributed by atoms with E-state index in [2.05, 4.69) is 56.6 Å². The SMILES string of the molecule is C=C(c1cc(C#N)ccc1N(C)CC)[C@H]1CC[C@@H](N(C)C)C1. The normalized spacial score (nSPS) is 20.9. The second-order valence-electron chi connectivity index (χ2n) is 6.51. The molecule has 1 aliphatic carbocycles. The average molecular weight is 297 g/mol. The zero-order valence-corrected chi connectivity index (χ0v) is 14.3. The molecule has 0 aromatic heterocycles. The summed E-state index contributed by atoms with van der Waals surface area (Å²) in [7, 11) is 6.40. The van der Waals surface area contributed by atoms with Gasteiger partial charge in [-0.3, -0.25) is 0 Å². The average Bonchev–Trinajstić information content (AvgIpc) is 3.03. The predicted octanol–water partition coefficient (Wildman–Crippen LogP) is 3.76. The van der Waals surface area contributed by atoms with Crippen LogP contribution in [0.3, 0.4) is 0 Å². The maximum absolute atomic E-state index is 9.21. The summed E-state index contributed by atoms with van der Waals surface area (Å²) in [6.45, 7) is 7.48. The van der Waals surface area contributed by atoms with Gasteiger partial charge in [-0.25, -0.2) is 0 Å². The summed E-state index contributed by atoms with van der Waals surface area (Å²) in [5.74, 6) is 0.519. The summed E-state index contributed by atoms with van der Waals surface area (Å²) in [5.41, 5.74) is 4.23. The van der Waals surface area contributed by atoms with Crippen LogP contribution in [0, 0.1) is 17.2 Å². The Morgan fingerprint density at radius 2 is 2.05 bits per heavy atom. The molecule has 2 atom stereocenters. The van der Waals surface area contributed by atoms with Crippen LogP contribution >= 0.6 is 0 Å². The lowest BCUT2D eigenvalue weighted by atomic mass is 9.90. The van der Waals surface area contributed by atoms with Gasteiger partial charge in [0.2, 0.25) is 0 Å². The van der Waals surface area contributed by atoms with Crippen molar-refractivity contribution in [3.63, 3.8) is 0 Å². The number of rotatable bonds is 5. The van der Waals surface area contributed by atoms with Crippen molar-refractivity contribution in [2.24, 2.45) is 5.92 Å². The maximum Gasteiger partial charge on any atom is 0.0991 e. The number of nitrogens with zero attached hydrogens (tertiary/aromatic N) is 3. The molecule has 0 aliphatic heterocycles. The van der Waals surface area contributed by atoms with Gasteiger partial charge in [0.25, 0.3) is 0 Å². The van der Waals surface area contributed by atoms with E-state index >= 15 is 0 Å². The van der Waals surface area contributed by atoms with Crippen LogP contribution in [0.1, 0.15) is 37.3 Å². The van der Waals surface area contributed by atoms with Crippen molar-refractivity contribution >= 4 is 11.3 Å². The van der Waals surface area contributed by atoms with Gasteiger partial charge in [-0.2, -0.15) is 5.26 Å². The van der Waals surface area contributed by atoms with E-state index in [1.807, 2.05) is 12.1 Å². The van der Waals surface area contributed by atoms with Gasteiger partial charge in [0, 0.05) is 30.9 Å². The zero-order chi connectivity index (χ0) is 16.3. The molecule has 0 unspecified atom stereocenters. The highest BCUT2D eigenvalue weighted by Gasteiger charge is 2.29. The number of hydrogen-bond acceptors (Lipinski definition) is 3. The molecule has 0 radical (unpaired) electrons. The summed E-state index contributed by atoms with van der Waals surface area (Å²) >= 11 is 0. The quantitative estimate of drug-likeness (QED) is 0.829. The van der Waals surface area contributed by atoms with E-state index in [9.17, 15) is 5.26 Å². The minimum absolute atomic E-state index is 0.519. The van der Waals surface area contributed by atoms with Crippen molar-refractivity contribution in [1.82, 2.24) is 4.90 Å². The third kappa shape index (κ3) is 3.34. The molecule has 1 aromatic carbocycles. The Balaban J connectivity index is 2.30. The van der Waals surface area contributed by atoms with Gasteiger partial charge >= 0.3 is 0 Å². The van der Waals surface area contributed by atoms with E-state index in [-0.39, 0.29) is 0 Å². The lowest BCUT2D eigenvalue weighted by Crippen LogP contribution is -2.25. The molecule has 1 saturated carbocycles. The number of benzene rings is 1. The molecule has 1 aromatic rings. The Morgan fingerprint density at radius 1 is 1.32 bits per heavy atom. The Kier molecular flexibility index (Phi) is 5.26. The Hall–Kier alpha value is -1.79. The molecule has 0 amide bonds. The molecule has 0 saturated heterocycles. The van der Waals surface area contributed by atoms with Gasteiger partial charge in [-0.15, -0.1) is 0 Å². The summed E-state index contributed by atoms with van der Waals surface area (Å²) in [6, 6.07) is 8.86. The number of anilines is 1. The lowest BCUT2D eigenvalue weighted by Gasteiger charge is -2.25. The largest absolute Gasteiger partial charge is 0.374 e. The molecule has 0 bridgehead atoms. The van der Waals surface area contributed by atoms with Crippen LogP contribution in [0.2, 0.25) is 0 Å². The number of allylic oxidation sites excluding steroid dienone is 1. The van der Waals surface area contributed by atoms with Crippen molar-refractivity contribution in [2.45, 2.75) is 32.2 Å². The standard InChI is InChI=1S/C19H27N3/c1-6-22(5)19-10-7-15(13-20)11-18(19)14(2)16-8-9-17(12-16)21(3)4/h7,10-11,16-17H,2,6,8-9,12H2,1,3-5H3/t16-,17+/m0/s1. The van der Waals surface area contributed by atoms with Crippen LogP contribution in [-0.4, -0.2) is 38.6 Å². The topological polar surface area (TPSA) is 30.3 Å². The summed E-state index contributed by atoms with van der Waals surface area (Å²) < 4.78 is 0. The highest BCUT2D eigenvalue weighted by Crippen LogP contribution is 2.40. The van der Waals surface area contributed by atoms with Gasteiger partial charge in [-0.1, -0.05) is 6.58 Å². The van der Waals surface area contributed by atoms with Crippen LogP contribution in [0.25, 0.3) is 5.57 Å². The van der Waals surface area contributed by atoms with E-state index in [0.717, 1.165) is 18.5 Å². The summed E-state index contributed by atoms with van der Waals surface area (Å²) in [6.07, 6.45) is 3.58. The summed E-state index contributed by atoms with van der Waals surface area (Å²) in [4.78, 5) is 4.54. The van der Waals surface area contributed by atoms with Crippen molar-refractivity contribution in [3.8, 4) is 6.07 Å². The first kappa shape index (κ1) is 16.6. The Labute approximate surface area is 134 Å².